The topological polar surface area (TPSA) is 45.2 Å². The lowest BCUT2D eigenvalue weighted by atomic mass is 10.0. The maximum Gasteiger partial charge on any atom is 0.238 e. The Morgan fingerprint density at radius 1 is 1.00 bits per heavy atom. The first-order chi connectivity index (χ1) is 14.8. The van der Waals surface area contributed by atoms with Crippen LogP contribution in [0.15, 0.2) is 78.9 Å². The summed E-state index contributed by atoms with van der Waals surface area (Å²) in [5, 5.41) is 4.25. The van der Waals surface area contributed by atoms with Crippen LogP contribution in [0.4, 0.5) is 5.69 Å². The Morgan fingerprint density at radius 2 is 1.77 bits per heavy atom. The molecule has 0 aliphatic carbocycles. The standard InChI is InChI=1S/C25H23N3OS/c29-24(26-20-12-5-4-11-19(20)18-9-2-1-3-10-18)17-28-16-8-14-22(28)25-27-21-13-6-7-15-23(21)30-25/h1-7,9-13,15,22H,8,14,16-17H2,(H,26,29). The van der Waals surface area contributed by atoms with Crippen LogP contribution in [-0.2, 0) is 4.79 Å². The lowest BCUT2D eigenvalue weighted by Gasteiger charge is -2.22. The number of amides is 1. The molecule has 5 heteroatoms. The van der Waals surface area contributed by atoms with Crippen LogP contribution in [0.3, 0.4) is 0 Å². The smallest absolute Gasteiger partial charge is 0.238 e. The van der Waals surface area contributed by atoms with Gasteiger partial charge in [0.15, 0.2) is 0 Å². The lowest BCUT2D eigenvalue weighted by Crippen LogP contribution is -2.33. The van der Waals surface area contributed by atoms with E-state index in [0.29, 0.717) is 6.54 Å². The number of likely N-dealkylation sites (tertiary alicyclic amines) is 1. The van der Waals surface area contributed by atoms with Crippen molar-refractivity contribution in [2.45, 2.75) is 18.9 Å². The molecule has 0 bridgehead atoms. The van der Waals surface area contributed by atoms with Crippen LogP contribution in [0.25, 0.3) is 21.3 Å². The molecule has 1 aliphatic rings. The highest BCUT2D eigenvalue weighted by Crippen LogP contribution is 2.36. The van der Waals surface area contributed by atoms with Crippen LogP contribution in [0, 0.1) is 0 Å². The highest BCUT2D eigenvalue weighted by Gasteiger charge is 2.30. The predicted molar refractivity (Wildman–Crippen MR) is 124 cm³/mol. The number of carbonyl (C=O) groups is 1. The number of carbonyl (C=O) groups excluding carboxylic acids is 1. The van der Waals surface area contributed by atoms with E-state index < -0.39 is 0 Å². The lowest BCUT2D eigenvalue weighted by molar-refractivity contribution is -0.117. The summed E-state index contributed by atoms with van der Waals surface area (Å²) in [6.07, 6.45) is 2.14. The van der Waals surface area contributed by atoms with E-state index in [0.717, 1.165) is 46.7 Å². The molecule has 1 atom stereocenters. The molecule has 1 aromatic heterocycles. The molecule has 1 N–H and O–H groups in total. The molecule has 1 unspecified atom stereocenters. The van der Waals surface area contributed by atoms with Gasteiger partial charge in [0, 0.05) is 11.3 Å². The Balaban J connectivity index is 1.32. The number of benzene rings is 3. The van der Waals surface area contributed by atoms with E-state index in [2.05, 4.69) is 34.5 Å². The molecule has 1 amide bonds. The van der Waals surface area contributed by atoms with Gasteiger partial charge in [0.25, 0.3) is 0 Å². The number of fused-ring (bicyclic) bond motifs is 1. The number of rotatable bonds is 5. The summed E-state index contributed by atoms with van der Waals surface area (Å²) in [5.41, 5.74) is 4.03. The van der Waals surface area contributed by atoms with Gasteiger partial charge in [-0.25, -0.2) is 4.98 Å². The molecule has 30 heavy (non-hydrogen) atoms. The summed E-state index contributed by atoms with van der Waals surface area (Å²) >= 11 is 1.74. The fraction of sp³-hybridized carbons (Fsp3) is 0.200. The van der Waals surface area contributed by atoms with Gasteiger partial charge in [0.2, 0.25) is 5.91 Å². The minimum Gasteiger partial charge on any atom is -0.324 e. The molecule has 1 aliphatic heterocycles. The maximum atomic E-state index is 12.9. The van der Waals surface area contributed by atoms with Crippen molar-refractivity contribution in [2.24, 2.45) is 0 Å². The monoisotopic (exact) mass is 413 g/mol. The van der Waals surface area contributed by atoms with E-state index in [4.69, 9.17) is 4.98 Å². The van der Waals surface area contributed by atoms with Gasteiger partial charge in [-0.3, -0.25) is 9.69 Å². The Labute approximate surface area is 180 Å². The molecule has 5 rings (SSSR count). The number of thiazole rings is 1. The van der Waals surface area contributed by atoms with E-state index in [1.165, 1.54) is 4.70 Å². The molecule has 0 spiro atoms. The van der Waals surface area contributed by atoms with E-state index in [-0.39, 0.29) is 11.9 Å². The molecule has 3 aromatic carbocycles. The van der Waals surface area contributed by atoms with Gasteiger partial charge in [-0.1, -0.05) is 60.7 Å². The summed E-state index contributed by atoms with van der Waals surface area (Å²) in [7, 11) is 0. The fourth-order valence-electron chi connectivity index (χ4n) is 4.16. The van der Waals surface area contributed by atoms with Gasteiger partial charge >= 0.3 is 0 Å². The second-order valence-electron chi connectivity index (χ2n) is 7.61. The van der Waals surface area contributed by atoms with E-state index in [9.17, 15) is 4.79 Å². The Bertz CT molecular complexity index is 1140. The van der Waals surface area contributed by atoms with Gasteiger partial charge < -0.3 is 5.32 Å². The average Bonchev–Trinajstić information content (AvgIpc) is 3.41. The fourth-order valence-corrected chi connectivity index (χ4v) is 5.30. The molecular weight excluding hydrogens is 390 g/mol. The summed E-state index contributed by atoms with van der Waals surface area (Å²) in [6, 6.07) is 26.6. The first-order valence-electron chi connectivity index (χ1n) is 10.3. The Hall–Kier alpha value is -3.02. The third kappa shape index (κ3) is 3.86. The van der Waals surface area contributed by atoms with Gasteiger partial charge in [-0.2, -0.15) is 0 Å². The van der Waals surface area contributed by atoms with Gasteiger partial charge in [0.05, 0.1) is 22.8 Å². The summed E-state index contributed by atoms with van der Waals surface area (Å²) in [4.78, 5) is 20.0. The van der Waals surface area contributed by atoms with Crippen LogP contribution in [-0.4, -0.2) is 28.9 Å². The van der Waals surface area contributed by atoms with Crippen molar-refractivity contribution in [3.63, 3.8) is 0 Å². The van der Waals surface area contributed by atoms with Crippen LogP contribution < -0.4 is 5.32 Å². The number of hydrogen-bond acceptors (Lipinski definition) is 4. The zero-order valence-electron chi connectivity index (χ0n) is 16.6. The number of hydrogen-bond donors (Lipinski definition) is 1. The van der Waals surface area contributed by atoms with E-state index in [1.54, 1.807) is 11.3 Å². The van der Waals surface area contributed by atoms with Crippen LogP contribution in [0.2, 0.25) is 0 Å². The zero-order valence-corrected chi connectivity index (χ0v) is 17.4. The van der Waals surface area contributed by atoms with E-state index >= 15 is 0 Å². The van der Waals surface area contributed by atoms with Crippen molar-refractivity contribution in [1.29, 1.82) is 0 Å². The van der Waals surface area contributed by atoms with Gasteiger partial charge in [-0.05, 0) is 43.1 Å². The molecule has 2 heterocycles. The molecule has 0 saturated carbocycles. The van der Waals surface area contributed by atoms with Crippen molar-refractivity contribution in [3.8, 4) is 11.1 Å². The highest BCUT2D eigenvalue weighted by atomic mass is 32.1. The first-order valence-corrected chi connectivity index (χ1v) is 11.1. The average molecular weight is 414 g/mol. The third-order valence-corrected chi connectivity index (χ3v) is 6.73. The molecule has 4 nitrogen and oxygen atoms in total. The molecular formula is C25H23N3OS. The van der Waals surface area contributed by atoms with Crippen LogP contribution in [0.1, 0.15) is 23.9 Å². The number of nitrogens with zero attached hydrogens (tertiary/aromatic N) is 2. The number of anilines is 1. The number of aromatic nitrogens is 1. The van der Waals surface area contributed by atoms with Crippen molar-refractivity contribution < 1.29 is 4.79 Å². The Morgan fingerprint density at radius 3 is 2.63 bits per heavy atom. The van der Waals surface area contributed by atoms with Crippen LogP contribution in [0.5, 0.6) is 0 Å². The minimum absolute atomic E-state index is 0.0198. The number of para-hydroxylation sites is 2. The summed E-state index contributed by atoms with van der Waals surface area (Å²) in [5.74, 6) is 0.0198. The minimum atomic E-state index is 0.0198. The number of nitrogens with one attached hydrogen (secondary N) is 1. The molecule has 0 radical (unpaired) electrons. The summed E-state index contributed by atoms with van der Waals surface area (Å²) in [6.45, 7) is 1.30. The van der Waals surface area contributed by atoms with E-state index in [1.807, 2.05) is 54.6 Å². The zero-order chi connectivity index (χ0) is 20.3. The normalized spacial score (nSPS) is 16.7. The molecule has 1 fully saturated rings. The summed E-state index contributed by atoms with van der Waals surface area (Å²) < 4.78 is 1.21. The molecule has 150 valence electrons. The predicted octanol–water partition coefficient (Wildman–Crippen LogP) is 5.74. The van der Waals surface area contributed by atoms with Crippen molar-refractivity contribution in [2.75, 3.05) is 18.4 Å². The first kappa shape index (κ1) is 19.0. The SMILES string of the molecule is O=C(CN1CCCC1c1nc2ccccc2s1)Nc1ccccc1-c1ccccc1. The quantitative estimate of drug-likeness (QED) is 0.454. The molecule has 4 aromatic rings. The largest absolute Gasteiger partial charge is 0.324 e. The van der Waals surface area contributed by atoms with Crippen molar-refractivity contribution in [1.82, 2.24) is 9.88 Å². The highest BCUT2D eigenvalue weighted by molar-refractivity contribution is 7.18. The third-order valence-electron chi connectivity index (χ3n) is 5.59. The van der Waals surface area contributed by atoms with Gasteiger partial charge in [-0.15, -0.1) is 11.3 Å². The maximum absolute atomic E-state index is 12.9. The second-order valence-corrected chi connectivity index (χ2v) is 8.67. The Kier molecular flexibility index (Phi) is 5.30. The second kappa shape index (κ2) is 8.38. The molecule has 1 saturated heterocycles. The van der Waals surface area contributed by atoms with Crippen LogP contribution >= 0.6 is 11.3 Å². The van der Waals surface area contributed by atoms with Crippen molar-refractivity contribution >= 4 is 33.1 Å². The van der Waals surface area contributed by atoms with Crippen molar-refractivity contribution in [3.05, 3.63) is 83.9 Å². The van der Waals surface area contributed by atoms with Gasteiger partial charge in [0.1, 0.15) is 5.01 Å².